The molecule has 1 atom stereocenters. The monoisotopic (exact) mass is 386 g/mol. The van der Waals surface area contributed by atoms with Gasteiger partial charge in [-0.15, -0.1) is 0 Å². The third-order valence-corrected chi connectivity index (χ3v) is 4.84. The maximum atomic E-state index is 12.9. The van der Waals surface area contributed by atoms with Gasteiger partial charge in [0.1, 0.15) is 22.6 Å². The van der Waals surface area contributed by atoms with Crippen molar-refractivity contribution < 1.29 is 18.9 Å². The minimum Gasteiger partial charge on any atom is -0.412 e. The first-order valence-electron chi connectivity index (χ1n) is 8.04. The average Bonchev–Trinajstić information content (AvgIpc) is 2.64. The van der Waals surface area contributed by atoms with Crippen molar-refractivity contribution in [3.8, 4) is 0 Å². The van der Waals surface area contributed by atoms with E-state index in [1.807, 2.05) is 24.3 Å². The Kier molecular flexibility index (Phi) is 7.34. The van der Waals surface area contributed by atoms with Crippen LogP contribution in [0.4, 0.5) is 10.1 Å². The molecule has 0 aliphatic heterocycles. The summed E-state index contributed by atoms with van der Waals surface area (Å²) in [6.07, 6.45) is 4.05. The second kappa shape index (κ2) is 9.70. The molecule has 0 spiro atoms. The Morgan fingerprint density at radius 1 is 0.963 bits per heavy atom. The standard InChI is InChI=1S/C20H17FN2O2S.H2O/c21-17-5-9-20(10-6-17)26(25)23-18-7-3-15(4-8-18)12-19(24)13-16-2-1-11-22-14-16;/h1-11,14,23H,12-13H2;1H2. The number of rotatable bonds is 7. The van der Waals surface area contributed by atoms with Crippen molar-refractivity contribution in [1.29, 1.82) is 0 Å². The summed E-state index contributed by atoms with van der Waals surface area (Å²) in [5.74, 6) is -0.264. The number of hydrogen-bond acceptors (Lipinski definition) is 3. The molecule has 1 aromatic heterocycles. The Morgan fingerprint density at radius 3 is 2.26 bits per heavy atom. The van der Waals surface area contributed by atoms with E-state index in [0.29, 0.717) is 23.4 Å². The summed E-state index contributed by atoms with van der Waals surface area (Å²) < 4.78 is 28.0. The number of nitrogens with zero attached hydrogens (tertiary/aromatic N) is 1. The number of benzene rings is 2. The largest absolute Gasteiger partial charge is 0.412 e. The highest BCUT2D eigenvalue weighted by atomic mass is 32.2. The molecule has 2 aromatic carbocycles. The highest BCUT2D eigenvalue weighted by Gasteiger charge is 2.07. The SMILES string of the molecule is O.O=C(Cc1ccc(NS(=O)c2ccc(F)cc2)cc1)Cc1cccnc1. The molecular weight excluding hydrogens is 367 g/mol. The van der Waals surface area contributed by atoms with Gasteiger partial charge in [0.15, 0.2) is 0 Å². The van der Waals surface area contributed by atoms with E-state index < -0.39 is 11.0 Å². The molecule has 140 valence electrons. The second-order valence-electron chi connectivity index (χ2n) is 5.78. The zero-order valence-corrected chi connectivity index (χ0v) is 15.2. The number of halogens is 1. The van der Waals surface area contributed by atoms with E-state index in [-0.39, 0.29) is 17.1 Å². The van der Waals surface area contributed by atoms with Crippen LogP contribution in [0.25, 0.3) is 0 Å². The first kappa shape index (κ1) is 20.4. The van der Waals surface area contributed by atoms with Crippen LogP contribution in [0.2, 0.25) is 0 Å². The van der Waals surface area contributed by atoms with Gasteiger partial charge in [0.25, 0.3) is 0 Å². The highest BCUT2D eigenvalue weighted by molar-refractivity contribution is 7.86. The smallest absolute Gasteiger partial charge is 0.150 e. The van der Waals surface area contributed by atoms with Gasteiger partial charge in [-0.05, 0) is 53.6 Å². The average molecular weight is 386 g/mol. The van der Waals surface area contributed by atoms with Gasteiger partial charge in [0.05, 0.1) is 4.90 Å². The number of Topliss-reactive ketones (excluding diaryl/α,β-unsaturated/α-hetero) is 1. The number of carbonyl (C=O) groups is 1. The van der Waals surface area contributed by atoms with Crippen molar-refractivity contribution in [2.75, 3.05) is 4.72 Å². The molecule has 0 saturated carbocycles. The van der Waals surface area contributed by atoms with Crippen LogP contribution in [0.3, 0.4) is 0 Å². The molecule has 0 amide bonds. The Bertz CT molecular complexity index is 901. The van der Waals surface area contributed by atoms with Gasteiger partial charge in [-0.2, -0.15) is 0 Å². The van der Waals surface area contributed by atoms with Gasteiger partial charge in [-0.25, -0.2) is 8.60 Å². The first-order chi connectivity index (χ1) is 12.6. The second-order valence-corrected chi connectivity index (χ2v) is 6.99. The maximum absolute atomic E-state index is 12.9. The molecule has 3 N–H and O–H groups in total. The van der Waals surface area contributed by atoms with E-state index in [2.05, 4.69) is 9.71 Å². The summed E-state index contributed by atoms with van der Waals surface area (Å²) in [6.45, 7) is 0. The summed E-state index contributed by atoms with van der Waals surface area (Å²) in [5.41, 5.74) is 2.44. The molecule has 3 rings (SSSR count). The summed E-state index contributed by atoms with van der Waals surface area (Å²) in [7, 11) is -1.48. The van der Waals surface area contributed by atoms with Crippen LogP contribution in [-0.4, -0.2) is 20.5 Å². The minimum absolute atomic E-state index is 0. The van der Waals surface area contributed by atoms with Crippen LogP contribution in [0.15, 0.2) is 78.0 Å². The molecular formula is C20H19FN2O3S. The van der Waals surface area contributed by atoms with Gasteiger partial charge in [0, 0.05) is 30.9 Å². The van der Waals surface area contributed by atoms with Crippen molar-refractivity contribution in [3.63, 3.8) is 0 Å². The zero-order chi connectivity index (χ0) is 18.4. The third kappa shape index (κ3) is 6.09. The van der Waals surface area contributed by atoms with E-state index >= 15 is 0 Å². The molecule has 0 radical (unpaired) electrons. The molecule has 1 unspecified atom stereocenters. The van der Waals surface area contributed by atoms with Crippen LogP contribution in [-0.2, 0) is 28.6 Å². The van der Waals surface area contributed by atoms with Crippen molar-refractivity contribution in [2.24, 2.45) is 0 Å². The number of pyridine rings is 1. The van der Waals surface area contributed by atoms with E-state index in [1.165, 1.54) is 24.3 Å². The quantitative estimate of drug-likeness (QED) is 0.677. The lowest BCUT2D eigenvalue weighted by Crippen LogP contribution is -2.07. The number of nitrogens with one attached hydrogen (secondary N) is 1. The van der Waals surface area contributed by atoms with Gasteiger partial charge in [0.2, 0.25) is 0 Å². The van der Waals surface area contributed by atoms with Crippen molar-refractivity contribution in [3.05, 3.63) is 90.0 Å². The van der Waals surface area contributed by atoms with Crippen LogP contribution in [0.5, 0.6) is 0 Å². The fourth-order valence-corrected chi connectivity index (χ4v) is 3.29. The summed E-state index contributed by atoms with van der Waals surface area (Å²) in [6, 6.07) is 16.4. The maximum Gasteiger partial charge on any atom is 0.150 e. The van der Waals surface area contributed by atoms with Crippen LogP contribution in [0.1, 0.15) is 11.1 Å². The van der Waals surface area contributed by atoms with Crippen molar-refractivity contribution in [2.45, 2.75) is 17.7 Å². The summed E-state index contributed by atoms with van der Waals surface area (Å²) in [5, 5.41) is 0. The fourth-order valence-electron chi connectivity index (χ4n) is 2.44. The Labute approximate surface area is 159 Å². The number of hydrogen-bond donors (Lipinski definition) is 1. The number of ketones is 1. The lowest BCUT2D eigenvalue weighted by molar-refractivity contribution is -0.117. The molecule has 27 heavy (non-hydrogen) atoms. The number of anilines is 1. The molecule has 0 aliphatic rings. The van der Waals surface area contributed by atoms with Gasteiger partial charge in [-0.1, -0.05) is 18.2 Å². The predicted octanol–water partition coefficient (Wildman–Crippen LogP) is 2.89. The van der Waals surface area contributed by atoms with Crippen LogP contribution in [0, 0.1) is 5.82 Å². The molecule has 1 heterocycles. The zero-order valence-electron chi connectivity index (χ0n) is 14.4. The summed E-state index contributed by atoms with van der Waals surface area (Å²) in [4.78, 5) is 16.6. The topological polar surface area (TPSA) is 90.6 Å². The normalized spacial score (nSPS) is 11.3. The van der Waals surface area contributed by atoms with E-state index in [1.54, 1.807) is 24.5 Å². The van der Waals surface area contributed by atoms with Crippen molar-refractivity contribution >= 4 is 22.5 Å². The molecule has 5 nitrogen and oxygen atoms in total. The first-order valence-corrected chi connectivity index (χ1v) is 9.19. The molecule has 0 fully saturated rings. The predicted molar refractivity (Wildman–Crippen MR) is 103 cm³/mol. The Balaban J connectivity index is 0.00000261. The molecule has 0 aliphatic carbocycles. The number of aromatic nitrogens is 1. The Morgan fingerprint density at radius 2 is 1.63 bits per heavy atom. The Hall–Kier alpha value is -2.90. The highest BCUT2D eigenvalue weighted by Crippen LogP contribution is 2.15. The van der Waals surface area contributed by atoms with Crippen LogP contribution < -0.4 is 4.72 Å². The third-order valence-electron chi connectivity index (χ3n) is 3.72. The molecule has 7 heteroatoms. The van der Waals surface area contributed by atoms with Gasteiger partial charge < -0.3 is 10.2 Å². The molecule has 3 aromatic rings. The summed E-state index contributed by atoms with van der Waals surface area (Å²) >= 11 is 0. The van der Waals surface area contributed by atoms with E-state index in [9.17, 15) is 13.4 Å². The number of carbonyl (C=O) groups excluding carboxylic acids is 1. The van der Waals surface area contributed by atoms with E-state index in [4.69, 9.17) is 0 Å². The van der Waals surface area contributed by atoms with Crippen molar-refractivity contribution in [1.82, 2.24) is 4.98 Å². The van der Waals surface area contributed by atoms with E-state index in [0.717, 1.165) is 11.1 Å². The van der Waals surface area contributed by atoms with Gasteiger partial charge >= 0.3 is 0 Å². The fraction of sp³-hybridized carbons (Fsp3) is 0.100. The minimum atomic E-state index is -1.48. The van der Waals surface area contributed by atoms with Gasteiger partial charge in [-0.3, -0.25) is 9.78 Å². The molecule has 0 saturated heterocycles. The van der Waals surface area contributed by atoms with Crippen LogP contribution >= 0.6 is 0 Å². The molecule has 0 bridgehead atoms. The lowest BCUT2D eigenvalue weighted by Gasteiger charge is -2.07. The lowest BCUT2D eigenvalue weighted by atomic mass is 10.0.